The average Bonchev–Trinajstić information content (AvgIpc) is 2.94. The first-order valence-corrected chi connectivity index (χ1v) is 14.7. The van der Waals surface area contributed by atoms with Gasteiger partial charge < -0.3 is 35.8 Å². The molecule has 2 aromatic carbocycles. The highest BCUT2D eigenvalue weighted by molar-refractivity contribution is 5.99. The maximum Gasteiger partial charge on any atom is 0.408 e. The van der Waals surface area contributed by atoms with Gasteiger partial charge in [-0.25, -0.2) is 4.79 Å². The van der Waals surface area contributed by atoms with E-state index < -0.39 is 41.5 Å². The minimum atomic E-state index is -1.27. The van der Waals surface area contributed by atoms with Gasteiger partial charge in [-0.05, 0) is 63.9 Å². The van der Waals surface area contributed by atoms with Crippen LogP contribution in [-0.2, 0) is 19.1 Å². The molecule has 2 aromatic rings. The molecule has 11 nitrogen and oxygen atoms in total. The van der Waals surface area contributed by atoms with Crippen molar-refractivity contribution in [2.24, 2.45) is 5.73 Å². The lowest BCUT2D eigenvalue weighted by atomic mass is 9.99. The number of nitrogens with two attached hydrogens (primary N) is 1. The van der Waals surface area contributed by atoms with Crippen molar-refractivity contribution < 1.29 is 33.8 Å². The maximum absolute atomic E-state index is 14.3. The number of nitrogens with zero attached hydrogens (tertiary/aromatic N) is 1. The van der Waals surface area contributed by atoms with Gasteiger partial charge in [-0.1, -0.05) is 50.8 Å². The van der Waals surface area contributed by atoms with Crippen molar-refractivity contribution in [2.75, 3.05) is 19.0 Å². The number of methoxy groups -OCH3 is 1. The summed E-state index contributed by atoms with van der Waals surface area (Å²) in [5, 5.41) is 16.3. The first-order chi connectivity index (χ1) is 20.4. The van der Waals surface area contributed by atoms with Crippen LogP contribution in [0, 0.1) is 0 Å². The molecule has 0 aliphatic carbocycles. The molecule has 236 valence electrons. The normalized spacial score (nSPS) is 12.5. The summed E-state index contributed by atoms with van der Waals surface area (Å²) in [6.07, 6.45) is 3.23. The van der Waals surface area contributed by atoms with Gasteiger partial charge in [0.15, 0.2) is 0 Å². The van der Waals surface area contributed by atoms with Crippen LogP contribution in [0.4, 0.5) is 10.5 Å². The number of carbonyl (C=O) groups is 4. The molecule has 4 amide bonds. The molecule has 0 heterocycles. The molecule has 0 aliphatic rings. The van der Waals surface area contributed by atoms with Gasteiger partial charge in [-0.15, -0.1) is 0 Å². The van der Waals surface area contributed by atoms with Crippen LogP contribution in [-0.4, -0.2) is 59.1 Å². The van der Waals surface area contributed by atoms with E-state index in [1.165, 1.54) is 18.1 Å². The maximum atomic E-state index is 14.3. The highest BCUT2D eigenvalue weighted by Gasteiger charge is 2.37. The van der Waals surface area contributed by atoms with Crippen molar-refractivity contribution in [2.45, 2.75) is 90.3 Å². The summed E-state index contributed by atoms with van der Waals surface area (Å²) in [4.78, 5) is 54.0. The van der Waals surface area contributed by atoms with Crippen molar-refractivity contribution in [1.82, 2.24) is 10.2 Å². The van der Waals surface area contributed by atoms with Gasteiger partial charge in [0, 0.05) is 24.2 Å². The van der Waals surface area contributed by atoms with Crippen molar-refractivity contribution in [1.29, 1.82) is 0 Å². The molecular weight excluding hydrogens is 552 g/mol. The molecule has 2 rings (SSSR count). The highest BCUT2D eigenvalue weighted by Crippen LogP contribution is 2.31. The quantitative estimate of drug-likeness (QED) is 0.197. The Hall–Kier alpha value is -4.28. The van der Waals surface area contributed by atoms with Crippen LogP contribution in [0.15, 0.2) is 48.5 Å². The highest BCUT2D eigenvalue weighted by atomic mass is 16.6. The van der Waals surface area contributed by atoms with E-state index in [1.54, 1.807) is 63.2 Å². The minimum absolute atomic E-state index is 0.104. The number of nitrogens with one attached hydrogen (secondary N) is 2. The molecule has 0 bridgehead atoms. The van der Waals surface area contributed by atoms with E-state index in [0.29, 0.717) is 17.9 Å². The Morgan fingerprint density at radius 3 is 2.21 bits per heavy atom. The zero-order valence-electron chi connectivity index (χ0n) is 25.9. The Kier molecular flexibility index (Phi) is 13.8. The van der Waals surface area contributed by atoms with E-state index in [1.807, 2.05) is 0 Å². The minimum Gasteiger partial charge on any atom is -0.508 e. The standard InChI is InChI=1S/C32H46N4O7/c1-6-7-8-9-12-21-36(30(40)25(19-20-27(33)38)35-31(41)43-32(2,3)4)28(24-13-10-11-14-26(24)37)29(39)34-22-15-17-23(42-5)18-16-22/h10-11,13-18,25,28,37H,6-9,12,19-21H2,1-5H3,(H2,33,38)(H,34,39)(H,35,41). The fourth-order valence-electron chi connectivity index (χ4n) is 4.50. The number of carbonyl (C=O) groups excluding carboxylic acids is 4. The molecule has 0 saturated carbocycles. The van der Waals surface area contributed by atoms with Gasteiger partial charge in [-0.3, -0.25) is 14.4 Å². The van der Waals surface area contributed by atoms with Crippen LogP contribution in [0.2, 0.25) is 0 Å². The second-order valence-electron chi connectivity index (χ2n) is 11.3. The number of phenols is 1. The number of hydrogen-bond acceptors (Lipinski definition) is 7. The first kappa shape index (κ1) is 34.9. The first-order valence-electron chi connectivity index (χ1n) is 14.7. The lowest BCUT2D eigenvalue weighted by Crippen LogP contribution is -2.52. The van der Waals surface area contributed by atoms with Crippen LogP contribution in [0.5, 0.6) is 11.5 Å². The van der Waals surface area contributed by atoms with Crippen LogP contribution in [0.25, 0.3) is 0 Å². The fraction of sp³-hybridized carbons (Fsp3) is 0.500. The number of primary amides is 1. The topological polar surface area (TPSA) is 160 Å². The van der Waals surface area contributed by atoms with Crippen molar-refractivity contribution in [3.8, 4) is 11.5 Å². The number of benzene rings is 2. The molecule has 0 aliphatic heterocycles. The summed E-state index contributed by atoms with van der Waals surface area (Å²) in [5.41, 5.74) is 5.22. The van der Waals surface area contributed by atoms with Gasteiger partial charge >= 0.3 is 6.09 Å². The predicted molar refractivity (Wildman–Crippen MR) is 165 cm³/mol. The summed E-state index contributed by atoms with van der Waals surface area (Å²) in [5.74, 6) is -1.40. The number of ether oxygens (including phenoxy) is 2. The summed E-state index contributed by atoms with van der Waals surface area (Å²) in [7, 11) is 1.53. The molecule has 43 heavy (non-hydrogen) atoms. The Morgan fingerprint density at radius 2 is 1.63 bits per heavy atom. The van der Waals surface area contributed by atoms with Crippen molar-refractivity contribution in [3.63, 3.8) is 0 Å². The van der Waals surface area contributed by atoms with E-state index >= 15 is 0 Å². The number of rotatable bonds is 16. The number of hydrogen-bond donors (Lipinski definition) is 4. The van der Waals surface area contributed by atoms with Gasteiger partial charge in [0.05, 0.1) is 7.11 Å². The van der Waals surface area contributed by atoms with Gasteiger partial charge in [0.2, 0.25) is 11.8 Å². The number of anilines is 1. The lowest BCUT2D eigenvalue weighted by Gasteiger charge is -2.34. The van der Waals surface area contributed by atoms with Gasteiger partial charge in [0.1, 0.15) is 29.2 Å². The second kappa shape index (κ2) is 17.0. The van der Waals surface area contributed by atoms with E-state index in [4.69, 9.17) is 15.2 Å². The smallest absolute Gasteiger partial charge is 0.408 e. The number of unbranched alkanes of at least 4 members (excludes halogenated alkanes) is 4. The van der Waals surface area contributed by atoms with E-state index in [2.05, 4.69) is 17.6 Å². The molecule has 11 heteroatoms. The molecule has 0 spiro atoms. The molecular formula is C32H46N4O7. The fourth-order valence-corrected chi connectivity index (χ4v) is 4.50. The molecule has 0 fully saturated rings. The summed E-state index contributed by atoms with van der Waals surface area (Å²) in [6, 6.07) is 10.5. The zero-order chi connectivity index (χ0) is 32.0. The second-order valence-corrected chi connectivity index (χ2v) is 11.3. The molecule has 5 N–H and O–H groups in total. The molecule has 0 saturated heterocycles. The number of alkyl carbamates (subject to hydrolysis) is 1. The van der Waals surface area contributed by atoms with Crippen molar-refractivity contribution >= 4 is 29.5 Å². The van der Waals surface area contributed by atoms with Gasteiger partial charge in [0.25, 0.3) is 5.91 Å². The molecule has 0 aromatic heterocycles. The van der Waals surface area contributed by atoms with E-state index in [-0.39, 0.29) is 30.7 Å². The largest absolute Gasteiger partial charge is 0.508 e. The third-order valence-electron chi connectivity index (χ3n) is 6.60. The SMILES string of the molecule is CCCCCCCN(C(=O)C(CCC(N)=O)NC(=O)OC(C)(C)C)C(C(=O)Nc1ccc(OC)cc1)c1ccccc1O. The Balaban J connectivity index is 2.54. The third-order valence-corrected chi connectivity index (χ3v) is 6.60. The Labute approximate surface area is 254 Å². The predicted octanol–water partition coefficient (Wildman–Crippen LogP) is 5.04. The van der Waals surface area contributed by atoms with E-state index in [0.717, 1.165) is 25.7 Å². The number of amides is 4. The summed E-state index contributed by atoms with van der Waals surface area (Å²) >= 11 is 0. The monoisotopic (exact) mass is 598 g/mol. The van der Waals surface area contributed by atoms with E-state index in [9.17, 15) is 24.3 Å². The lowest BCUT2D eigenvalue weighted by molar-refractivity contribution is -0.141. The van der Waals surface area contributed by atoms with Crippen molar-refractivity contribution in [3.05, 3.63) is 54.1 Å². The molecule has 0 radical (unpaired) electrons. The van der Waals surface area contributed by atoms with Gasteiger partial charge in [-0.2, -0.15) is 0 Å². The van der Waals surface area contributed by atoms with Crippen LogP contribution < -0.4 is 21.1 Å². The van der Waals surface area contributed by atoms with Crippen LogP contribution in [0.3, 0.4) is 0 Å². The Morgan fingerprint density at radius 1 is 0.977 bits per heavy atom. The van der Waals surface area contributed by atoms with Crippen LogP contribution >= 0.6 is 0 Å². The zero-order valence-corrected chi connectivity index (χ0v) is 25.9. The summed E-state index contributed by atoms with van der Waals surface area (Å²) < 4.78 is 10.6. The molecule has 2 unspecified atom stereocenters. The average molecular weight is 599 g/mol. The number of para-hydroxylation sites is 1. The van der Waals surface area contributed by atoms with Crippen LogP contribution in [0.1, 0.15) is 84.2 Å². The Bertz CT molecular complexity index is 1210. The summed E-state index contributed by atoms with van der Waals surface area (Å²) in [6.45, 7) is 7.31. The number of phenolic OH excluding ortho intramolecular Hbond substituents is 1. The number of aromatic hydroxyl groups is 1. The molecule has 2 atom stereocenters. The third kappa shape index (κ3) is 11.9.